The average Bonchev–Trinajstić information content (AvgIpc) is 3.22. The predicted molar refractivity (Wildman–Crippen MR) is 89.2 cm³/mol. The Hall–Kier alpha value is -0.870. The Bertz CT molecular complexity index is 492. The highest BCUT2D eigenvalue weighted by molar-refractivity contribution is 6.30. The van der Waals surface area contributed by atoms with Gasteiger partial charge in [-0.25, -0.2) is 9.97 Å². The van der Waals surface area contributed by atoms with Crippen LogP contribution in [0.3, 0.4) is 0 Å². The first-order valence-corrected chi connectivity index (χ1v) is 8.23. The van der Waals surface area contributed by atoms with E-state index in [2.05, 4.69) is 47.9 Å². The lowest BCUT2D eigenvalue weighted by Crippen LogP contribution is -2.31. The van der Waals surface area contributed by atoms with E-state index in [1.165, 1.54) is 12.8 Å². The Morgan fingerprint density at radius 3 is 2.48 bits per heavy atom. The Kier molecular flexibility index (Phi) is 5.10. The molecular weight excluding hydrogens is 284 g/mol. The summed E-state index contributed by atoms with van der Waals surface area (Å²) in [6.07, 6.45) is 2.70. The van der Waals surface area contributed by atoms with Gasteiger partial charge in [-0.15, -0.1) is 0 Å². The number of anilines is 1. The molecule has 0 atom stereocenters. The minimum atomic E-state index is -0.1000. The zero-order chi connectivity index (χ0) is 15.6. The molecule has 0 spiro atoms. The Balaban J connectivity index is 2.03. The van der Waals surface area contributed by atoms with Crippen LogP contribution in [0.5, 0.6) is 0 Å². The van der Waals surface area contributed by atoms with Crippen molar-refractivity contribution in [2.75, 3.05) is 25.0 Å². The Labute approximate surface area is 133 Å². The molecule has 0 aliphatic heterocycles. The van der Waals surface area contributed by atoms with Crippen LogP contribution in [0.1, 0.15) is 51.9 Å². The zero-order valence-electron chi connectivity index (χ0n) is 13.8. The maximum atomic E-state index is 6.25. The Morgan fingerprint density at radius 2 is 1.95 bits per heavy atom. The molecule has 0 radical (unpaired) electrons. The lowest BCUT2D eigenvalue weighted by Gasteiger charge is -2.22. The molecule has 0 bridgehead atoms. The molecule has 0 aromatic carbocycles. The largest absolute Gasteiger partial charge is 0.368 e. The summed E-state index contributed by atoms with van der Waals surface area (Å²) in [4.78, 5) is 11.6. The smallest absolute Gasteiger partial charge is 0.137 e. The number of aromatic nitrogens is 2. The van der Waals surface area contributed by atoms with Crippen LogP contribution in [0.25, 0.3) is 0 Å². The van der Waals surface area contributed by atoms with Crippen LogP contribution in [-0.2, 0) is 5.41 Å². The van der Waals surface area contributed by atoms with Gasteiger partial charge in [0.05, 0.1) is 0 Å². The molecule has 5 heteroatoms. The molecule has 0 amide bonds. The minimum Gasteiger partial charge on any atom is -0.368 e. The van der Waals surface area contributed by atoms with Crippen molar-refractivity contribution in [1.29, 1.82) is 0 Å². The van der Waals surface area contributed by atoms with Crippen LogP contribution in [0.2, 0.25) is 5.15 Å². The van der Waals surface area contributed by atoms with Gasteiger partial charge in [0.25, 0.3) is 0 Å². The third kappa shape index (κ3) is 4.30. The third-order valence-corrected chi connectivity index (χ3v) is 4.29. The molecular formula is C16H27ClN4. The molecule has 1 aliphatic carbocycles. The molecule has 21 heavy (non-hydrogen) atoms. The highest BCUT2D eigenvalue weighted by Gasteiger charge is 2.27. The average molecular weight is 311 g/mol. The molecule has 4 nitrogen and oxygen atoms in total. The van der Waals surface area contributed by atoms with Crippen molar-refractivity contribution in [1.82, 2.24) is 14.9 Å². The van der Waals surface area contributed by atoms with Crippen LogP contribution in [0.15, 0.2) is 0 Å². The quantitative estimate of drug-likeness (QED) is 0.815. The second kappa shape index (κ2) is 6.49. The summed E-state index contributed by atoms with van der Waals surface area (Å²) in [6.45, 7) is 13.5. The van der Waals surface area contributed by atoms with E-state index in [0.717, 1.165) is 42.9 Å². The second-order valence-corrected chi connectivity index (χ2v) is 7.21. The standard InChI is InChI=1S/C16H27ClN4/c1-6-21(12-7-8-12)10-9-18-14-11(2)13(17)19-15(20-14)16(3,4)5/h12H,6-10H2,1-5H3,(H,18,19,20). The van der Waals surface area contributed by atoms with Gasteiger partial charge in [-0.3, -0.25) is 4.90 Å². The van der Waals surface area contributed by atoms with Crippen molar-refractivity contribution < 1.29 is 0 Å². The van der Waals surface area contributed by atoms with E-state index < -0.39 is 0 Å². The number of nitrogens with one attached hydrogen (secondary N) is 1. The lowest BCUT2D eigenvalue weighted by molar-refractivity contribution is 0.289. The van der Waals surface area contributed by atoms with Gasteiger partial charge >= 0.3 is 0 Å². The van der Waals surface area contributed by atoms with E-state index >= 15 is 0 Å². The molecule has 0 unspecified atom stereocenters. The molecule has 1 aromatic heterocycles. The van der Waals surface area contributed by atoms with E-state index in [4.69, 9.17) is 11.6 Å². The van der Waals surface area contributed by atoms with E-state index in [9.17, 15) is 0 Å². The van der Waals surface area contributed by atoms with E-state index in [0.29, 0.717) is 5.15 Å². The van der Waals surface area contributed by atoms with Gasteiger partial charge in [0.2, 0.25) is 0 Å². The number of halogens is 1. The summed E-state index contributed by atoms with van der Waals surface area (Å²) < 4.78 is 0. The van der Waals surface area contributed by atoms with Gasteiger partial charge < -0.3 is 5.32 Å². The summed E-state index contributed by atoms with van der Waals surface area (Å²) in [6, 6.07) is 0.803. The van der Waals surface area contributed by atoms with Gasteiger partial charge in [0, 0.05) is 30.1 Å². The van der Waals surface area contributed by atoms with Gasteiger partial charge in [0.1, 0.15) is 16.8 Å². The maximum absolute atomic E-state index is 6.25. The number of hydrogen-bond donors (Lipinski definition) is 1. The highest BCUT2D eigenvalue weighted by Crippen LogP contribution is 2.27. The molecule has 1 aromatic rings. The van der Waals surface area contributed by atoms with Gasteiger partial charge in [-0.1, -0.05) is 39.3 Å². The topological polar surface area (TPSA) is 41.0 Å². The van der Waals surface area contributed by atoms with Crippen LogP contribution >= 0.6 is 11.6 Å². The molecule has 1 N–H and O–H groups in total. The van der Waals surface area contributed by atoms with Gasteiger partial charge in [-0.05, 0) is 26.3 Å². The molecule has 1 heterocycles. The first kappa shape index (κ1) is 16.5. The molecule has 0 saturated heterocycles. The van der Waals surface area contributed by atoms with Crippen molar-refractivity contribution in [2.45, 2.75) is 58.9 Å². The van der Waals surface area contributed by atoms with Crippen molar-refractivity contribution >= 4 is 17.4 Å². The highest BCUT2D eigenvalue weighted by atomic mass is 35.5. The maximum Gasteiger partial charge on any atom is 0.137 e. The second-order valence-electron chi connectivity index (χ2n) is 6.85. The van der Waals surface area contributed by atoms with Gasteiger partial charge in [0.15, 0.2) is 0 Å². The summed E-state index contributed by atoms with van der Waals surface area (Å²) in [7, 11) is 0. The number of rotatable bonds is 6. The minimum absolute atomic E-state index is 0.1000. The van der Waals surface area contributed by atoms with Crippen molar-refractivity contribution in [3.05, 3.63) is 16.5 Å². The summed E-state index contributed by atoms with van der Waals surface area (Å²) in [5.41, 5.74) is 0.830. The third-order valence-electron chi connectivity index (χ3n) is 3.92. The van der Waals surface area contributed by atoms with Crippen molar-refractivity contribution in [3.63, 3.8) is 0 Å². The van der Waals surface area contributed by atoms with E-state index in [1.54, 1.807) is 0 Å². The molecule has 2 rings (SSSR count). The summed E-state index contributed by atoms with van der Waals surface area (Å²) in [5, 5.41) is 3.98. The fraction of sp³-hybridized carbons (Fsp3) is 0.750. The zero-order valence-corrected chi connectivity index (χ0v) is 14.6. The lowest BCUT2D eigenvalue weighted by atomic mass is 9.95. The molecule has 1 aliphatic rings. The first-order valence-electron chi connectivity index (χ1n) is 7.85. The number of nitrogens with zero attached hydrogens (tertiary/aromatic N) is 3. The molecule has 1 saturated carbocycles. The van der Waals surface area contributed by atoms with Crippen LogP contribution in [-0.4, -0.2) is 40.5 Å². The molecule has 118 valence electrons. The summed E-state index contributed by atoms with van der Waals surface area (Å²) >= 11 is 6.25. The fourth-order valence-electron chi connectivity index (χ4n) is 2.35. The van der Waals surface area contributed by atoms with E-state index in [-0.39, 0.29) is 5.41 Å². The summed E-state index contributed by atoms with van der Waals surface area (Å²) in [5.74, 6) is 1.65. The van der Waals surface area contributed by atoms with Crippen molar-refractivity contribution in [2.24, 2.45) is 0 Å². The number of likely N-dealkylation sites (N-methyl/N-ethyl adjacent to an activating group) is 1. The molecule has 1 fully saturated rings. The fourth-order valence-corrected chi connectivity index (χ4v) is 2.52. The van der Waals surface area contributed by atoms with Crippen molar-refractivity contribution in [3.8, 4) is 0 Å². The number of hydrogen-bond acceptors (Lipinski definition) is 4. The van der Waals surface area contributed by atoms with E-state index in [1.807, 2.05) is 6.92 Å². The Morgan fingerprint density at radius 1 is 1.29 bits per heavy atom. The SMILES string of the molecule is CCN(CCNc1nc(C(C)(C)C)nc(Cl)c1C)C1CC1. The van der Waals surface area contributed by atoms with Crippen LogP contribution in [0.4, 0.5) is 5.82 Å². The first-order chi connectivity index (χ1) is 9.82. The normalized spacial score (nSPS) is 15.6. The van der Waals surface area contributed by atoms with Gasteiger partial charge in [-0.2, -0.15) is 0 Å². The predicted octanol–water partition coefficient (Wildman–Crippen LogP) is 3.63. The van der Waals surface area contributed by atoms with Crippen LogP contribution < -0.4 is 5.32 Å². The van der Waals surface area contributed by atoms with Crippen LogP contribution in [0, 0.1) is 6.92 Å². The monoisotopic (exact) mass is 310 g/mol.